The van der Waals surface area contributed by atoms with Crippen LogP contribution in [0.4, 0.5) is 33.5 Å². The van der Waals surface area contributed by atoms with Crippen molar-refractivity contribution in [2.24, 2.45) is 11.8 Å². The largest absolute Gasteiger partial charge is 0.471 e. The van der Waals surface area contributed by atoms with Crippen molar-refractivity contribution in [3.8, 4) is 5.88 Å². The van der Waals surface area contributed by atoms with E-state index in [2.05, 4.69) is 10.3 Å². The number of nitrogen functional groups attached to an aromatic ring is 1. The second-order valence-electron chi connectivity index (χ2n) is 7.31. The van der Waals surface area contributed by atoms with Crippen molar-refractivity contribution in [2.75, 3.05) is 24.7 Å². The quantitative estimate of drug-likeness (QED) is 0.428. The van der Waals surface area contributed by atoms with Gasteiger partial charge in [0.25, 0.3) is 6.43 Å². The van der Waals surface area contributed by atoms with Gasteiger partial charge in [0.05, 0.1) is 17.2 Å². The summed E-state index contributed by atoms with van der Waals surface area (Å²) in [4.78, 5) is 16.5. The molecule has 0 amide bonds. The average molecular weight is 423 g/mol. The number of nitrogens with zero attached hydrogens (tertiary/aromatic N) is 1. The Morgan fingerprint density at radius 2 is 1.97 bits per heavy atom. The number of rotatable bonds is 9. The highest BCUT2D eigenvalue weighted by Crippen LogP contribution is 2.40. The fraction of sp³-hybridized carbons (Fsp3) is 0.684. The monoisotopic (exact) mass is 423 g/mol. The minimum atomic E-state index is -4.14. The van der Waals surface area contributed by atoms with Crippen LogP contribution >= 0.6 is 0 Å². The first-order valence-corrected chi connectivity index (χ1v) is 9.61. The SMILES string of the molecule is CNc1nc(OCC(F)F)c(C(=O)CCCC2CCC(C(F)(F)F)CC2)cc1N. The highest BCUT2D eigenvalue weighted by atomic mass is 19.4. The maximum absolute atomic E-state index is 12.7. The van der Waals surface area contributed by atoms with Crippen molar-refractivity contribution in [2.45, 2.75) is 57.5 Å². The Labute approximate surface area is 166 Å². The van der Waals surface area contributed by atoms with Gasteiger partial charge in [0.1, 0.15) is 0 Å². The topological polar surface area (TPSA) is 77.2 Å². The van der Waals surface area contributed by atoms with Crippen LogP contribution in [-0.4, -0.2) is 37.0 Å². The maximum Gasteiger partial charge on any atom is 0.391 e. The molecule has 2 rings (SSSR count). The Morgan fingerprint density at radius 3 is 2.52 bits per heavy atom. The molecule has 0 atom stereocenters. The van der Waals surface area contributed by atoms with Gasteiger partial charge < -0.3 is 15.8 Å². The minimum Gasteiger partial charge on any atom is -0.471 e. The van der Waals surface area contributed by atoms with E-state index in [0.29, 0.717) is 25.7 Å². The van der Waals surface area contributed by atoms with Crippen molar-refractivity contribution in [3.05, 3.63) is 11.6 Å². The molecular weight excluding hydrogens is 397 g/mol. The van der Waals surface area contributed by atoms with Crippen molar-refractivity contribution < 1.29 is 31.5 Å². The van der Waals surface area contributed by atoms with Crippen LogP contribution in [0.25, 0.3) is 0 Å². The van der Waals surface area contributed by atoms with E-state index in [4.69, 9.17) is 10.5 Å². The van der Waals surface area contributed by atoms with Crippen LogP contribution in [0.15, 0.2) is 6.07 Å². The van der Waals surface area contributed by atoms with Crippen molar-refractivity contribution in [1.82, 2.24) is 4.98 Å². The molecule has 1 heterocycles. The maximum atomic E-state index is 12.7. The van der Waals surface area contributed by atoms with Gasteiger partial charge in [-0.25, -0.2) is 8.78 Å². The van der Waals surface area contributed by atoms with Gasteiger partial charge in [-0.15, -0.1) is 0 Å². The zero-order valence-electron chi connectivity index (χ0n) is 16.2. The lowest BCUT2D eigenvalue weighted by Gasteiger charge is -2.29. The van der Waals surface area contributed by atoms with Gasteiger partial charge in [-0.2, -0.15) is 18.2 Å². The summed E-state index contributed by atoms with van der Waals surface area (Å²) in [6, 6.07) is 1.34. The van der Waals surface area contributed by atoms with E-state index in [1.165, 1.54) is 6.07 Å². The summed E-state index contributed by atoms with van der Waals surface area (Å²) in [5.74, 6) is -1.41. The van der Waals surface area contributed by atoms with Crippen LogP contribution in [0.3, 0.4) is 0 Å². The number of anilines is 2. The Balaban J connectivity index is 1.92. The summed E-state index contributed by atoms with van der Waals surface area (Å²) < 4.78 is 68.1. The molecule has 29 heavy (non-hydrogen) atoms. The highest BCUT2D eigenvalue weighted by Gasteiger charge is 2.41. The van der Waals surface area contributed by atoms with E-state index in [1.54, 1.807) is 7.05 Å². The van der Waals surface area contributed by atoms with Crippen LogP contribution in [-0.2, 0) is 0 Å². The number of ether oxygens (including phenoxy) is 1. The highest BCUT2D eigenvalue weighted by molar-refractivity contribution is 5.99. The van der Waals surface area contributed by atoms with Gasteiger partial charge in [0, 0.05) is 13.5 Å². The Bertz CT molecular complexity index is 689. The number of halogens is 5. The molecule has 0 unspecified atom stereocenters. The molecule has 1 aliphatic carbocycles. The third-order valence-electron chi connectivity index (χ3n) is 5.23. The first-order valence-electron chi connectivity index (χ1n) is 9.61. The van der Waals surface area contributed by atoms with Crippen LogP contribution in [0.5, 0.6) is 5.88 Å². The number of ketones is 1. The number of hydrogen-bond donors (Lipinski definition) is 2. The second kappa shape index (κ2) is 10.1. The first-order chi connectivity index (χ1) is 13.6. The molecule has 3 N–H and O–H groups in total. The lowest BCUT2D eigenvalue weighted by atomic mass is 9.79. The molecule has 1 fully saturated rings. The molecule has 0 saturated heterocycles. The molecule has 0 bridgehead atoms. The van der Waals surface area contributed by atoms with Crippen molar-refractivity contribution in [1.29, 1.82) is 0 Å². The number of hydrogen-bond acceptors (Lipinski definition) is 5. The van der Waals surface area contributed by atoms with Gasteiger partial charge in [0.15, 0.2) is 18.2 Å². The predicted molar refractivity (Wildman–Crippen MR) is 99.4 cm³/mol. The number of nitrogens with two attached hydrogens (primary N) is 1. The summed E-state index contributed by atoms with van der Waals surface area (Å²) in [6.07, 6.45) is -4.38. The molecule has 0 spiro atoms. The van der Waals surface area contributed by atoms with E-state index in [0.717, 1.165) is 0 Å². The standard InChI is InChI=1S/C19H26F5N3O2/c1-26-17-14(25)9-13(18(27-17)29-10-16(20)21)15(28)4-2-3-11-5-7-12(8-6-11)19(22,23)24/h9,11-12,16H,2-8,10,25H2,1H3,(H,26,27). The fourth-order valence-electron chi connectivity index (χ4n) is 3.63. The van der Waals surface area contributed by atoms with E-state index in [9.17, 15) is 26.7 Å². The number of nitrogens with one attached hydrogen (secondary N) is 1. The lowest BCUT2D eigenvalue weighted by molar-refractivity contribution is -0.184. The molecule has 5 nitrogen and oxygen atoms in total. The number of Topliss-reactive ketones (excluding diaryl/α,β-unsaturated/α-hetero) is 1. The summed E-state index contributed by atoms with van der Waals surface area (Å²) in [6.45, 7) is -0.900. The van der Waals surface area contributed by atoms with Gasteiger partial charge in [-0.1, -0.05) is 6.42 Å². The van der Waals surface area contributed by atoms with Crippen LogP contribution < -0.4 is 15.8 Å². The summed E-state index contributed by atoms with van der Waals surface area (Å²) in [5.41, 5.74) is 6.03. The Hall–Kier alpha value is -2.13. The van der Waals surface area contributed by atoms with Gasteiger partial charge in [-0.3, -0.25) is 4.79 Å². The molecule has 0 radical (unpaired) electrons. The van der Waals surface area contributed by atoms with Crippen LogP contribution in [0, 0.1) is 11.8 Å². The molecule has 164 valence electrons. The molecule has 1 saturated carbocycles. The molecule has 10 heteroatoms. The smallest absolute Gasteiger partial charge is 0.391 e. The summed E-state index contributed by atoms with van der Waals surface area (Å²) in [7, 11) is 1.55. The van der Waals surface area contributed by atoms with E-state index < -0.39 is 25.1 Å². The van der Waals surface area contributed by atoms with Crippen LogP contribution in [0.2, 0.25) is 0 Å². The average Bonchev–Trinajstić information content (AvgIpc) is 2.66. The Morgan fingerprint density at radius 1 is 1.31 bits per heavy atom. The molecule has 1 aromatic heterocycles. The Kier molecular flexibility index (Phi) is 8.04. The normalized spacial score (nSPS) is 20.0. The lowest BCUT2D eigenvalue weighted by Crippen LogP contribution is -2.27. The van der Waals surface area contributed by atoms with Gasteiger partial charge >= 0.3 is 6.18 Å². The van der Waals surface area contributed by atoms with Gasteiger partial charge in [0.2, 0.25) is 5.88 Å². The molecule has 0 aromatic carbocycles. The molecule has 0 aliphatic heterocycles. The minimum absolute atomic E-state index is 0.0305. The number of carbonyl (C=O) groups is 1. The summed E-state index contributed by atoms with van der Waals surface area (Å²) in [5, 5.41) is 2.69. The number of carbonyl (C=O) groups excluding carboxylic acids is 1. The summed E-state index contributed by atoms with van der Waals surface area (Å²) >= 11 is 0. The molecular formula is C19H26F5N3O2. The van der Waals surface area contributed by atoms with E-state index >= 15 is 0 Å². The number of pyridine rings is 1. The third kappa shape index (κ3) is 6.71. The van der Waals surface area contributed by atoms with E-state index in [-0.39, 0.29) is 53.9 Å². The van der Waals surface area contributed by atoms with E-state index in [1.807, 2.05) is 0 Å². The predicted octanol–water partition coefficient (Wildman–Crippen LogP) is 5.07. The molecule has 1 aromatic rings. The number of aromatic nitrogens is 1. The zero-order chi connectivity index (χ0) is 21.6. The fourth-order valence-corrected chi connectivity index (χ4v) is 3.63. The number of alkyl halides is 5. The van der Waals surface area contributed by atoms with Crippen molar-refractivity contribution >= 4 is 17.3 Å². The second-order valence-corrected chi connectivity index (χ2v) is 7.31. The van der Waals surface area contributed by atoms with Crippen LogP contribution in [0.1, 0.15) is 55.3 Å². The van der Waals surface area contributed by atoms with Crippen molar-refractivity contribution in [3.63, 3.8) is 0 Å². The third-order valence-corrected chi connectivity index (χ3v) is 5.23. The zero-order valence-corrected chi connectivity index (χ0v) is 16.2. The first kappa shape index (κ1) is 23.2. The molecule has 1 aliphatic rings. The van der Waals surface area contributed by atoms with Gasteiger partial charge in [-0.05, 0) is 44.1 Å².